The zero-order valence-corrected chi connectivity index (χ0v) is 11.9. The number of methoxy groups -OCH3 is 1. The highest BCUT2D eigenvalue weighted by Crippen LogP contribution is 2.31. The fourth-order valence-electron chi connectivity index (χ4n) is 2.39. The van der Waals surface area contributed by atoms with Crippen molar-refractivity contribution in [1.82, 2.24) is 9.36 Å². The molecule has 0 radical (unpaired) electrons. The summed E-state index contributed by atoms with van der Waals surface area (Å²) < 4.78 is 9.54. The topological polar surface area (TPSA) is 73.1 Å². The molecule has 2 rings (SSSR count). The van der Waals surface area contributed by atoms with Crippen molar-refractivity contribution in [2.75, 3.05) is 19.0 Å². The van der Waals surface area contributed by atoms with E-state index in [0.29, 0.717) is 6.54 Å². The number of anilines is 1. The SMILES string of the molecule is COC(C)c1nsc(NC2(CN)CCCCC2)n1. The van der Waals surface area contributed by atoms with Gasteiger partial charge < -0.3 is 15.8 Å². The first-order chi connectivity index (χ1) is 8.69. The minimum Gasteiger partial charge on any atom is -0.374 e. The second-order valence-electron chi connectivity index (χ2n) is 5.01. The molecule has 0 aliphatic heterocycles. The van der Waals surface area contributed by atoms with Gasteiger partial charge >= 0.3 is 0 Å². The fraction of sp³-hybridized carbons (Fsp3) is 0.833. The molecule has 0 bridgehead atoms. The maximum Gasteiger partial charge on any atom is 0.203 e. The van der Waals surface area contributed by atoms with E-state index in [9.17, 15) is 0 Å². The van der Waals surface area contributed by atoms with Gasteiger partial charge in [0.15, 0.2) is 5.82 Å². The number of hydrogen-bond acceptors (Lipinski definition) is 6. The molecule has 1 aromatic heterocycles. The molecular formula is C12H22N4OS. The third kappa shape index (κ3) is 2.99. The summed E-state index contributed by atoms with van der Waals surface area (Å²) in [5, 5.41) is 4.37. The van der Waals surface area contributed by atoms with Crippen LogP contribution < -0.4 is 11.1 Å². The van der Waals surface area contributed by atoms with Crippen LogP contribution in [0.2, 0.25) is 0 Å². The van der Waals surface area contributed by atoms with E-state index in [0.717, 1.165) is 23.8 Å². The van der Waals surface area contributed by atoms with Gasteiger partial charge in [-0.15, -0.1) is 0 Å². The van der Waals surface area contributed by atoms with Crippen molar-refractivity contribution in [2.24, 2.45) is 5.73 Å². The summed E-state index contributed by atoms with van der Waals surface area (Å²) in [6.45, 7) is 2.60. The van der Waals surface area contributed by atoms with Gasteiger partial charge in [0.05, 0.1) is 5.54 Å². The molecule has 18 heavy (non-hydrogen) atoms. The van der Waals surface area contributed by atoms with Crippen LogP contribution in [0.4, 0.5) is 5.13 Å². The maximum absolute atomic E-state index is 5.95. The van der Waals surface area contributed by atoms with Crippen LogP contribution in [0.3, 0.4) is 0 Å². The normalized spacial score (nSPS) is 20.6. The molecule has 1 aromatic rings. The summed E-state index contributed by atoms with van der Waals surface area (Å²) in [6.07, 6.45) is 5.98. The molecule has 5 nitrogen and oxygen atoms in total. The van der Waals surface area contributed by atoms with Gasteiger partial charge in [-0.2, -0.15) is 4.37 Å². The van der Waals surface area contributed by atoms with Gasteiger partial charge in [0.25, 0.3) is 0 Å². The maximum atomic E-state index is 5.95. The summed E-state index contributed by atoms with van der Waals surface area (Å²) in [5.41, 5.74) is 5.97. The Balaban J connectivity index is 2.05. The van der Waals surface area contributed by atoms with E-state index in [1.165, 1.54) is 30.8 Å². The molecule has 0 saturated heterocycles. The largest absolute Gasteiger partial charge is 0.374 e. The summed E-state index contributed by atoms with van der Waals surface area (Å²) in [5.74, 6) is 0.744. The van der Waals surface area contributed by atoms with E-state index in [4.69, 9.17) is 10.5 Å². The second kappa shape index (κ2) is 5.95. The summed E-state index contributed by atoms with van der Waals surface area (Å²) in [6, 6.07) is 0. The van der Waals surface area contributed by atoms with Crippen molar-refractivity contribution >= 4 is 16.7 Å². The first kappa shape index (κ1) is 13.7. The van der Waals surface area contributed by atoms with Crippen LogP contribution in [0.25, 0.3) is 0 Å². The minimum absolute atomic E-state index is 0.0192. The Labute approximate surface area is 112 Å². The molecule has 1 unspecified atom stereocenters. The third-order valence-electron chi connectivity index (χ3n) is 3.73. The van der Waals surface area contributed by atoms with Crippen molar-refractivity contribution in [3.05, 3.63) is 5.82 Å². The minimum atomic E-state index is -0.0583. The quantitative estimate of drug-likeness (QED) is 0.859. The van der Waals surface area contributed by atoms with Gasteiger partial charge in [0.2, 0.25) is 5.13 Å². The van der Waals surface area contributed by atoms with Crippen molar-refractivity contribution in [1.29, 1.82) is 0 Å². The van der Waals surface area contributed by atoms with E-state index < -0.39 is 0 Å². The van der Waals surface area contributed by atoms with Gasteiger partial charge in [-0.25, -0.2) is 4.98 Å². The zero-order chi connectivity index (χ0) is 13.0. The summed E-state index contributed by atoms with van der Waals surface area (Å²) >= 11 is 1.39. The Hall–Kier alpha value is -0.720. The first-order valence-corrected chi connectivity index (χ1v) is 7.31. The molecule has 6 heteroatoms. The number of nitrogens with zero attached hydrogens (tertiary/aromatic N) is 2. The molecule has 0 amide bonds. The lowest BCUT2D eigenvalue weighted by Gasteiger charge is -2.36. The number of nitrogens with two attached hydrogens (primary N) is 1. The highest BCUT2D eigenvalue weighted by atomic mass is 32.1. The van der Waals surface area contributed by atoms with E-state index in [1.54, 1.807) is 7.11 Å². The Bertz CT molecular complexity index is 376. The third-order valence-corrected chi connectivity index (χ3v) is 4.38. The van der Waals surface area contributed by atoms with Crippen LogP contribution in [0.15, 0.2) is 0 Å². The lowest BCUT2D eigenvalue weighted by atomic mass is 9.82. The van der Waals surface area contributed by atoms with E-state index in [1.807, 2.05) is 6.92 Å². The lowest BCUT2D eigenvalue weighted by molar-refractivity contribution is 0.113. The van der Waals surface area contributed by atoms with Gasteiger partial charge in [0, 0.05) is 25.2 Å². The van der Waals surface area contributed by atoms with Crippen LogP contribution >= 0.6 is 11.5 Å². The molecule has 1 fully saturated rings. The van der Waals surface area contributed by atoms with Gasteiger partial charge in [-0.1, -0.05) is 19.3 Å². The average Bonchev–Trinajstić information content (AvgIpc) is 2.87. The van der Waals surface area contributed by atoms with Crippen molar-refractivity contribution in [2.45, 2.75) is 50.7 Å². The Morgan fingerprint density at radius 1 is 1.44 bits per heavy atom. The molecule has 3 N–H and O–H groups in total. The predicted molar refractivity (Wildman–Crippen MR) is 73.8 cm³/mol. The zero-order valence-electron chi connectivity index (χ0n) is 11.1. The van der Waals surface area contributed by atoms with Crippen LogP contribution in [0.5, 0.6) is 0 Å². The number of aromatic nitrogens is 2. The molecule has 1 atom stereocenters. The van der Waals surface area contributed by atoms with Gasteiger partial charge in [-0.3, -0.25) is 0 Å². The molecular weight excluding hydrogens is 248 g/mol. The number of hydrogen-bond donors (Lipinski definition) is 2. The molecule has 0 aromatic carbocycles. The van der Waals surface area contributed by atoms with Crippen LogP contribution in [0, 0.1) is 0 Å². The van der Waals surface area contributed by atoms with E-state index in [2.05, 4.69) is 14.7 Å². The monoisotopic (exact) mass is 270 g/mol. The van der Waals surface area contributed by atoms with Crippen LogP contribution in [-0.2, 0) is 4.74 Å². The Morgan fingerprint density at radius 3 is 2.78 bits per heavy atom. The number of rotatable bonds is 5. The van der Waals surface area contributed by atoms with Crippen molar-refractivity contribution in [3.63, 3.8) is 0 Å². The van der Waals surface area contributed by atoms with Gasteiger partial charge in [-0.05, 0) is 19.8 Å². The highest BCUT2D eigenvalue weighted by Gasteiger charge is 2.31. The van der Waals surface area contributed by atoms with E-state index in [-0.39, 0.29) is 11.6 Å². The summed E-state index contributed by atoms with van der Waals surface area (Å²) in [7, 11) is 1.67. The molecule has 0 spiro atoms. The smallest absolute Gasteiger partial charge is 0.203 e. The Kier molecular flexibility index (Phi) is 4.53. The average molecular weight is 270 g/mol. The molecule has 1 aliphatic carbocycles. The van der Waals surface area contributed by atoms with Crippen LogP contribution in [0.1, 0.15) is 51.0 Å². The molecule has 102 valence electrons. The van der Waals surface area contributed by atoms with Crippen molar-refractivity contribution < 1.29 is 4.74 Å². The van der Waals surface area contributed by atoms with Gasteiger partial charge in [0.1, 0.15) is 6.10 Å². The second-order valence-corrected chi connectivity index (χ2v) is 5.76. The summed E-state index contributed by atoms with van der Waals surface area (Å²) in [4.78, 5) is 4.48. The fourth-order valence-corrected chi connectivity index (χ4v) is 3.16. The standard InChI is InChI=1S/C12H22N4OS/c1-9(17-2)10-14-11(18-16-10)15-12(8-13)6-4-3-5-7-12/h9H,3-8,13H2,1-2H3,(H,14,15,16). The van der Waals surface area contributed by atoms with Crippen molar-refractivity contribution in [3.8, 4) is 0 Å². The number of ether oxygens (including phenoxy) is 1. The predicted octanol–water partition coefficient (Wildman–Crippen LogP) is 2.32. The van der Waals surface area contributed by atoms with Crippen LogP contribution in [-0.4, -0.2) is 28.6 Å². The molecule has 1 saturated carbocycles. The molecule has 1 heterocycles. The first-order valence-electron chi connectivity index (χ1n) is 6.54. The van der Waals surface area contributed by atoms with E-state index >= 15 is 0 Å². The molecule has 1 aliphatic rings. The lowest BCUT2D eigenvalue weighted by Crippen LogP contribution is -2.46. The number of nitrogens with one attached hydrogen (secondary N) is 1. The highest BCUT2D eigenvalue weighted by molar-refractivity contribution is 7.09. The Morgan fingerprint density at radius 2 is 2.17 bits per heavy atom.